The Morgan fingerprint density at radius 2 is 1.82 bits per heavy atom. The van der Waals surface area contributed by atoms with Gasteiger partial charge in [-0.1, -0.05) is 12.1 Å². The molecule has 0 aliphatic heterocycles. The number of nitrogens with one attached hydrogen (secondary N) is 1. The first-order valence-corrected chi connectivity index (χ1v) is 13.5. The van der Waals surface area contributed by atoms with Crippen molar-refractivity contribution < 1.29 is 41.7 Å². The minimum Gasteiger partial charge on any atom is -0.480 e. The van der Waals surface area contributed by atoms with Crippen LogP contribution in [0, 0.1) is 31.6 Å². The van der Waals surface area contributed by atoms with Crippen LogP contribution in [-0.2, 0) is 32.1 Å². The molecule has 1 heterocycles. The van der Waals surface area contributed by atoms with Crippen molar-refractivity contribution in [2.24, 2.45) is 0 Å². The fourth-order valence-electron chi connectivity index (χ4n) is 3.19. The molecule has 19 heteroatoms. The van der Waals surface area contributed by atoms with E-state index >= 15 is 0 Å². The van der Waals surface area contributed by atoms with E-state index in [0.717, 1.165) is 18.2 Å². The number of nitro benzene ring substituents is 1. The zero-order valence-electron chi connectivity index (χ0n) is 19.9. The molecule has 17 nitrogen and oxygen atoms in total. The molecule has 0 radical (unpaired) electrons. The maximum absolute atomic E-state index is 12.2. The van der Waals surface area contributed by atoms with Crippen LogP contribution in [0.1, 0.15) is 11.1 Å². The van der Waals surface area contributed by atoms with Gasteiger partial charge in [0.25, 0.3) is 10.8 Å². The highest BCUT2D eigenvalue weighted by atomic mass is 32.2. The van der Waals surface area contributed by atoms with Crippen molar-refractivity contribution >= 4 is 44.1 Å². The number of benzene rings is 2. The number of hydrogen-bond donors (Lipinski definition) is 3. The summed E-state index contributed by atoms with van der Waals surface area (Å²) in [5.74, 6) is -3.78. The van der Waals surface area contributed by atoms with E-state index in [0.29, 0.717) is 11.8 Å². The van der Waals surface area contributed by atoms with Crippen LogP contribution in [0.4, 0.5) is 17.2 Å². The zero-order chi connectivity index (χ0) is 29.8. The van der Waals surface area contributed by atoms with Gasteiger partial charge in [-0.15, -0.1) is 0 Å². The number of ether oxygens (including phenoxy) is 1. The standard InChI is InChI=1S/C21H16N6O11S2/c1-40(36,37)21-24-18(23-15(20(28)29)8-11-2-6-14(7-3-11)39(34)35)17(27(32)33)19(25-21)38-13-5-4-12(10-22)16(9-13)26(30)31/h2-7,9,15H,8H2,1H3,(H,28,29)(H,34,35)(H,23,24,25). The van der Waals surface area contributed by atoms with Crippen LogP contribution in [0.3, 0.4) is 0 Å². The second-order valence-corrected chi connectivity index (χ2v) is 10.7. The number of sulfone groups is 1. The van der Waals surface area contributed by atoms with Crippen LogP contribution in [-0.4, -0.2) is 60.4 Å². The molecule has 0 spiro atoms. The molecule has 0 fully saturated rings. The van der Waals surface area contributed by atoms with Crippen LogP contribution in [0.25, 0.3) is 0 Å². The van der Waals surface area contributed by atoms with Gasteiger partial charge in [-0.25, -0.2) is 17.4 Å². The topological polar surface area (TPSA) is 266 Å². The summed E-state index contributed by atoms with van der Waals surface area (Å²) >= 11 is -2.28. The van der Waals surface area contributed by atoms with Crippen LogP contribution in [0.15, 0.2) is 52.5 Å². The molecule has 2 aromatic carbocycles. The van der Waals surface area contributed by atoms with Crippen molar-refractivity contribution in [2.45, 2.75) is 22.5 Å². The fraction of sp³-hybridized carbons (Fsp3) is 0.143. The van der Waals surface area contributed by atoms with E-state index in [2.05, 4.69) is 15.3 Å². The highest BCUT2D eigenvalue weighted by molar-refractivity contribution is 7.90. The molecular formula is C21H16N6O11S2. The van der Waals surface area contributed by atoms with E-state index in [1.54, 1.807) is 6.07 Å². The van der Waals surface area contributed by atoms with E-state index < -0.39 is 76.8 Å². The van der Waals surface area contributed by atoms with Crippen molar-refractivity contribution in [3.8, 4) is 17.7 Å². The normalized spacial score (nSPS) is 12.5. The van der Waals surface area contributed by atoms with E-state index in [4.69, 9.17) is 14.6 Å². The summed E-state index contributed by atoms with van der Waals surface area (Å²) in [6.45, 7) is 0. The van der Waals surface area contributed by atoms with Crippen LogP contribution < -0.4 is 10.1 Å². The number of aromatic nitrogens is 2. The molecule has 0 saturated carbocycles. The van der Waals surface area contributed by atoms with Gasteiger partial charge in [0.05, 0.1) is 20.8 Å². The van der Waals surface area contributed by atoms with E-state index in [1.165, 1.54) is 24.3 Å². The summed E-state index contributed by atoms with van der Waals surface area (Å²) in [5, 5.41) is 43.4. The van der Waals surface area contributed by atoms with Crippen molar-refractivity contribution in [1.82, 2.24) is 9.97 Å². The first kappa shape index (κ1) is 29.5. The van der Waals surface area contributed by atoms with Crippen molar-refractivity contribution in [3.05, 3.63) is 73.8 Å². The first-order chi connectivity index (χ1) is 18.7. The average Bonchev–Trinajstić information content (AvgIpc) is 2.87. The second kappa shape index (κ2) is 11.8. The zero-order valence-corrected chi connectivity index (χ0v) is 21.6. The Kier molecular flexibility index (Phi) is 8.68. The molecule has 1 aromatic heterocycles. The molecule has 2 unspecified atom stereocenters. The summed E-state index contributed by atoms with van der Waals surface area (Å²) in [6.07, 6.45) is 0.344. The largest absolute Gasteiger partial charge is 0.480 e. The minimum atomic E-state index is -4.26. The number of anilines is 1. The second-order valence-electron chi connectivity index (χ2n) is 7.82. The van der Waals surface area contributed by atoms with Crippen LogP contribution in [0.5, 0.6) is 11.6 Å². The molecule has 0 bridgehead atoms. The first-order valence-electron chi connectivity index (χ1n) is 10.5. The van der Waals surface area contributed by atoms with Gasteiger partial charge in [0.15, 0.2) is 11.1 Å². The lowest BCUT2D eigenvalue weighted by atomic mass is 10.1. The Balaban J connectivity index is 2.11. The molecular weight excluding hydrogens is 576 g/mol. The quantitative estimate of drug-likeness (QED) is 0.124. The molecule has 0 amide bonds. The van der Waals surface area contributed by atoms with Gasteiger partial charge < -0.3 is 19.7 Å². The molecule has 3 rings (SSSR count). The maximum atomic E-state index is 12.2. The molecule has 40 heavy (non-hydrogen) atoms. The third-order valence-electron chi connectivity index (χ3n) is 5.02. The number of carbonyl (C=O) groups is 1. The van der Waals surface area contributed by atoms with Crippen molar-refractivity contribution in [3.63, 3.8) is 0 Å². The Hall–Kier alpha value is -5.06. The number of rotatable bonds is 11. The minimum absolute atomic E-state index is 0.0395. The summed E-state index contributed by atoms with van der Waals surface area (Å²) < 4.78 is 50.1. The summed E-state index contributed by atoms with van der Waals surface area (Å²) in [7, 11) is -4.26. The predicted molar refractivity (Wildman–Crippen MR) is 134 cm³/mol. The van der Waals surface area contributed by atoms with Crippen molar-refractivity contribution in [1.29, 1.82) is 5.26 Å². The lowest BCUT2D eigenvalue weighted by Gasteiger charge is -2.17. The fourth-order valence-corrected chi connectivity index (χ4v) is 4.07. The highest BCUT2D eigenvalue weighted by Crippen LogP contribution is 2.37. The van der Waals surface area contributed by atoms with Crippen molar-refractivity contribution in [2.75, 3.05) is 11.6 Å². The smallest absolute Gasteiger partial charge is 0.373 e. The Morgan fingerprint density at radius 3 is 2.33 bits per heavy atom. The van der Waals surface area contributed by atoms with Crippen LogP contribution in [0.2, 0.25) is 0 Å². The van der Waals surface area contributed by atoms with Crippen LogP contribution >= 0.6 is 0 Å². The summed E-state index contributed by atoms with van der Waals surface area (Å²) in [6, 6.07) is 8.01. The lowest BCUT2D eigenvalue weighted by Crippen LogP contribution is -2.32. The van der Waals surface area contributed by atoms with Gasteiger partial charge in [-0.05, 0) is 29.8 Å². The molecule has 208 valence electrons. The third-order valence-corrected chi connectivity index (χ3v) is 6.54. The Bertz CT molecular complexity index is 1690. The van der Waals surface area contributed by atoms with Gasteiger partial charge in [-0.2, -0.15) is 15.2 Å². The maximum Gasteiger partial charge on any atom is 0.373 e. The Labute approximate surface area is 226 Å². The third kappa shape index (κ3) is 6.87. The Morgan fingerprint density at radius 1 is 1.18 bits per heavy atom. The average molecular weight is 593 g/mol. The number of aliphatic carboxylic acids is 1. The molecule has 0 saturated heterocycles. The van der Waals surface area contributed by atoms with E-state index in [9.17, 15) is 42.8 Å². The molecule has 0 aliphatic rings. The molecule has 3 N–H and O–H groups in total. The van der Waals surface area contributed by atoms with E-state index in [-0.39, 0.29) is 16.9 Å². The van der Waals surface area contributed by atoms with Gasteiger partial charge in [0.2, 0.25) is 15.7 Å². The summed E-state index contributed by atoms with van der Waals surface area (Å²) in [4.78, 5) is 40.5. The van der Waals surface area contributed by atoms with Gasteiger partial charge in [-0.3, -0.25) is 20.2 Å². The molecule has 3 aromatic rings. The molecule has 2 atom stereocenters. The number of hydrogen-bond acceptors (Lipinski definition) is 13. The SMILES string of the molecule is CS(=O)(=O)c1nc(NC(Cc2ccc(S(=O)O)cc2)C(=O)O)c([N+](=O)[O-])c(Oc2ccc(C#N)c([N+](=O)[O-])c2)n1. The number of carboxylic acids is 1. The van der Waals surface area contributed by atoms with E-state index in [1.807, 2.05) is 0 Å². The summed E-state index contributed by atoms with van der Waals surface area (Å²) in [5.41, 5.74) is -1.82. The van der Waals surface area contributed by atoms with Gasteiger partial charge in [0.1, 0.15) is 23.4 Å². The highest BCUT2D eigenvalue weighted by Gasteiger charge is 2.33. The number of nitro groups is 2. The molecule has 0 aliphatic carbocycles. The number of nitrogens with zero attached hydrogens (tertiary/aromatic N) is 5. The van der Waals surface area contributed by atoms with Gasteiger partial charge in [0, 0.05) is 12.7 Å². The number of nitriles is 1. The number of carboxylic acid groups (broad SMARTS) is 1. The van der Waals surface area contributed by atoms with Gasteiger partial charge >= 0.3 is 17.5 Å². The lowest BCUT2D eigenvalue weighted by molar-refractivity contribution is -0.385. The monoisotopic (exact) mass is 592 g/mol. The predicted octanol–water partition coefficient (Wildman–Crippen LogP) is 2.05.